The molecule has 9 heteroatoms. The van der Waals surface area contributed by atoms with Crippen LogP contribution < -0.4 is 10.7 Å². The van der Waals surface area contributed by atoms with Gasteiger partial charge in [0.05, 0.1) is 6.42 Å². The van der Waals surface area contributed by atoms with Gasteiger partial charge in [-0.05, 0) is 12.1 Å². The molecule has 1 aromatic carbocycles. The first-order valence-corrected chi connectivity index (χ1v) is 8.68. The second kappa shape index (κ2) is 8.43. The van der Waals surface area contributed by atoms with E-state index in [1.165, 1.54) is 5.51 Å². The summed E-state index contributed by atoms with van der Waals surface area (Å²) in [6.45, 7) is 5.24. The number of amides is 2. The Hall–Kier alpha value is -2.94. The highest BCUT2D eigenvalue weighted by molar-refractivity contribution is 7.13. The Bertz CT molecular complexity index is 811. The van der Waals surface area contributed by atoms with Crippen molar-refractivity contribution in [3.8, 4) is 0 Å². The summed E-state index contributed by atoms with van der Waals surface area (Å²) in [5.74, 6) is -1.28. The first kappa shape index (κ1) is 19.4. The second-order valence-electron chi connectivity index (χ2n) is 6.41. The minimum atomic E-state index is -0.646. The van der Waals surface area contributed by atoms with Gasteiger partial charge in [-0.1, -0.05) is 50.3 Å². The van der Waals surface area contributed by atoms with E-state index in [0.29, 0.717) is 5.56 Å². The van der Waals surface area contributed by atoms with Crippen LogP contribution in [-0.2, 0) is 9.59 Å². The normalized spacial score (nSPS) is 11.7. The first-order valence-electron chi connectivity index (χ1n) is 7.80. The van der Waals surface area contributed by atoms with E-state index in [9.17, 15) is 14.4 Å². The summed E-state index contributed by atoms with van der Waals surface area (Å²) in [5, 5.41) is 14.0. The third-order valence-corrected chi connectivity index (χ3v) is 3.94. The summed E-state index contributed by atoms with van der Waals surface area (Å²) in [4.78, 5) is 36.8. The average molecular weight is 373 g/mol. The van der Waals surface area contributed by atoms with E-state index in [1.54, 1.807) is 51.1 Å². The first-order chi connectivity index (χ1) is 12.3. The molecule has 2 amide bonds. The monoisotopic (exact) mass is 373 g/mol. The Morgan fingerprint density at radius 1 is 1.15 bits per heavy atom. The van der Waals surface area contributed by atoms with Gasteiger partial charge in [0, 0.05) is 11.0 Å². The number of nitrogens with zero attached hydrogens (tertiary/aromatic N) is 3. The highest BCUT2D eigenvalue weighted by Gasteiger charge is 2.26. The largest absolute Gasteiger partial charge is 0.299 e. The lowest BCUT2D eigenvalue weighted by Gasteiger charge is -2.16. The van der Waals surface area contributed by atoms with Crippen molar-refractivity contribution < 1.29 is 14.4 Å². The van der Waals surface area contributed by atoms with E-state index in [2.05, 4.69) is 26.0 Å². The number of benzene rings is 1. The Morgan fingerprint density at radius 3 is 2.42 bits per heavy atom. The highest BCUT2D eigenvalue weighted by atomic mass is 32.1. The van der Waals surface area contributed by atoms with Crippen molar-refractivity contribution in [2.75, 3.05) is 5.32 Å². The molecule has 1 aromatic heterocycles. The fourth-order valence-corrected chi connectivity index (χ4v) is 2.20. The molecule has 0 fully saturated rings. The lowest BCUT2D eigenvalue weighted by atomic mass is 9.88. The van der Waals surface area contributed by atoms with E-state index in [1.807, 2.05) is 0 Å². The number of carbonyl (C=O) groups is 3. The van der Waals surface area contributed by atoms with Crippen molar-refractivity contribution in [3.63, 3.8) is 0 Å². The number of aromatic nitrogens is 2. The number of ketones is 1. The van der Waals surface area contributed by atoms with E-state index >= 15 is 0 Å². The number of Topliss-reactive ketones (excluding diaryl/α,β-unsaturated/α-hetero) is 1. The third-order valence-electron chi connectivity index (χ3n) is 3.34. The van der Waals surface area contributed by atoms with Crippen LogP contribution in [0.2, 0.25) is 0 Å². The van der Waals surface area contributed by atoms with Gasteiger partial charge in [-0.15, -0.1) is 10.2 Å². The molecule has 26 heavy (non-hydrogen) atoms. The number of hydrogen-bond acceptors (Lipinski definition) is 7. The van der Waals surface area contributed by atoms with Crippen LogP contribution in [0.15, 0.2) is 40.9 Å². The number of rotatable bonds is 6. The Morgan fingerprint density at radius 2 is 1.85 bits per heavy atom. The number of carbonyl (C=O) groups excluding carboxylic acids is 3. The van der Waals surface area contributed by atoms with Gasteiger partial charge in [0.25, 0.3) is 11.8 Å². The van der Waals surface area contributed by atoms with Crippen LogP contribution in [-0.4, -0.2) is 33.5 Å². The van der Waals surface area contributed by atoms with Gasteiger partial charge in [-0.3, -0.25) is 19.7 Å². The Balaban J connectivity index is 2.17. The van der Waals surface area contributed by atoms with Crippen molar-refractivity contribution >= 4 is 39.8 Å². The Kier molecular flexibility index (Phi) is 6.29. The molecule has 2 rings (SSSR count). The van der Waals surface area contributed by atoms with Crippen LogP contribution in [0.4, 0.5) is 5.13 Å². The molecule has 0 saturated carbocycles. The maximum Gasteiger partial charge on any atom is 0.274 e. The van der Waals surface area contributed by atoms with Crippen molar-refractivity contribution in [2.45, 2.75) is 27.2 Å². The number of hydrogen-bond donors (Lipinski definition) is 2. The molecule has 0 aliphatic rings. The van der Waals surface area contributed by atoms with Gasteiger partial charge < -0.3 is 0 Å². The number of hydrazone groups is 1. The summed E-state index contributed by atoms with van der Waals surface area (Å²) in [7, 11) is 0. The van der Waals surface area contributed by atoms with Crippen molar-refractivity contribution in [1.82, 2.24) is 15.6 Å². The maximum atomic E-state index is 12.4. The van der Waals surface area contributed by atoms with E-state index in [4.69, 9.17) is 0 Å². The van der Waals surface area contributed by atoms with Crippen LogP contribution in [0.25, 0.3) is 0 Å². The number of nitrogens with one attached hydrogen (secondary N) is 2. The molecule has 2 N–H and O–H groups in total. The molecule has 0 aliphatic heterocycles. The minimum Gasteiger partial charge on any atom is -0.299 e. The molecule has 0 bridgehead atoms. The maximum absolute atomic E-state index is 12.4. The summed E-state index contributed by atoms with van der Waals surface area (Å²) < 4.78 is 0. The van der Waals surface area contributed by atoms with Gasteiger partial charge in [0.1, 0.15) is 17.0 Å². The van der Waals surface area contributed by atoms with Gasteiger partial charge in [-0.25, -0.2) is 5.43 Å². The molecule has 136 valence electrons. The van der Waals surface area contributed by atoms with E-state index in [-0.39, 0.29) is 23.0 Å². The van der Waals surface area contributed by atoms with Crippen molar-refractivity contribution in [1.29, 1.82) is 0 Å². The van der Waals surface area contributed by atoms with Gasteiger partial charge in [-0.2, -0.15) is 5.10 Å². The predicted molar refractivity (Wildman–Crippen MR) is 99.0 cm³/mol. The topological polar surface area (TPSA) is 113 Å². The summed E-state index contributed by atoms with van der Waals surface area (Å²) >= 11 is 1.13. The second-order valence-corrected chi connectivity index (χ2v) is 7.25. The summed E-state index contributed by atoms with van der Waals surface area (Å²) in [5.41, 5.74) is 3.42. The lowest BCUT2D eigenvalue weighted by molar-refractivity contribution is -0.125. The molecule has 0 spiro atoms. The highest BCUT2D eigenvalue weighted by Crippen LogP contribution is 2.17. The third kappa shape index (κ3) is 5.55. The van der Waals surface area contributed by atoms with Crippen LogP contribution in [0.1, 0.15) is 37.6 Å². The quantitative estimate of drug-likeness (QED) is 0.596. The molecule has 0 unspecified atom stereocenters. The SMILES string of the molecule is CC(C)(C)C(=O)CC(=NNC(=O)c1ccccc1)C(=O)Nc1nncs1. The molecule has 0 radical (unpaired) electrons. The summed E-state index contributed by atoms with van der Waals surface area (Å²) in [6, 6.07) is 8.44. The lowest BCUT2D eigenvalue weighted by Crippen LogP contribution is -2.32. The smallest absolute Gasteiger partial charge is 0.274 e. The van der Waals surface area contributed by atoms with Crippen molar-refractivity contribution in [2.24, 2.45) is 10.5 Å². The fourth-order valence-electron chi connectivity index (χ4n) is 1.76. The average Bonchev–Trinajstić information content (AvgIpc) is 3.10. The predicted octanol–water partition coefficient (Wildman–Crippen LogP) is 2.27. The van der Waals surface area contributed by atoms with Gasteiger partial charge in [0.15, 0.2) is 0 Å². The zero-order chi connectivity index (χ0) is 19.2. The zero-order valence-electron chi connectivity index (χ0n) is 14.6. The molecule has 0 aliphatic carbocycles. The molecular weight excluding hydrogens is 354 g/mol. The standard InChI is InChI=1S/C17H19N5O3S/c1-17(2,3)13(23)9-12(15(25)19-16-22-18-10-26-16)20-21-14(24)11-7-5-4-6-8-11/h4-8,10H,9H2,1-3H3,(H,21,24)(H,19,22,25). The van der Waals surface area contributed by atoms with Crippen LogP contribution in [0.5, 0.6) is 0 Å². The molecular formula is C17H19N5O3S. The fraction of sp³-hybridized carbons (Fsp3) is 0.294. The van der Waals surface area contributed by atoms with Crippen LogP contribution in [0.3, 0.4) is 0 Å². The van der Waals surface area contributed by atoms with E-state index < -0.39 is 17.2 Å². The molecule has 2 aromatic rings. The minimum absolute atomic E-state index is 0.107. The van der Waals surface area contributed by atoms with Gasteiger partial charge in [0.2, 0.25) is 5.13 Å². The summed E-state index contributed by atoms with van der Waals surface area (Å²) in [6.07, 6.45) is -0.219. The Labute approximate surface area is 154 Å². The molecule has 8 nitrogen and oxygen atoms in total. The van der Waals surface area contributed by atoms with Gasteiger partial charge >= 0.3 is 0 Å². The molecule has 0 saturated heterocycles. The van der Waals surface area contributed by atoms with Crippen LogP contribution >= 0.6 is 11.3 Å². The zero-order valence-corrected chi connectivity index (χ0v) is 15.5. The van der Waals surface area contributed by atoms with Crippen molar-refractivity contribution in [3.05, 3.63) is 41.4 Å². The molecule has 1 heterocycles. The van der Waals surface area contributed by atoms with Crippen LogP contribution in [0, 0.1) is 5.41 Å². The van der Waals surface area contributed by atoms with E-state index in [0.717, 1.165) is 11.3 Å². The number of anilines is 1. The molecule has 0 atom stereocenters.